The summed E-state index contributed by atoms with van der Waals surface area (Å²) in [7, 11) is 3.15. The van der Waals surface area contributed by atoms with Gasteiger partial charge in [0.25, 0.3) is 5.91 Å². The summed E-state index contributed by atoms with van der Waals surface area (Å²) in [4.78, 5) is 43.1. The van der Waals surface area contributed by atoms with E-state index in [4.69, 9.17) is 16.0 Å². The Labute approximate surface area is 224 Å². The van der Waals surface area contributed by atoms with Crippen molar-refractivity contribution >= 4 is 40.4 Å². The van der Waals surface area contributed by atoms with Gasteiger partial charge in [-0.15, -0.1) is 0 Å². The summed E-state index contributed by atoms with van der Waals surface area (Å²) in [5.74, 6) is 1.12. The number of nitrogens with zero attached hydrogens (tertiary/aromatic N) is 5. The van der Waals surface area contributed by atoms with E-state index in [0.717, 1.165) is 17.0 Å². The van der Waals surface area contributed by atoms with Gasteiger partial charge in [0.15, 0.2) is 0 Å². The number of hydrogen-bond donors (Lipinski definition) is 3. The summed E-state index contributed by atoms with van der Waals surface area (Å²) in [6.45, 7) is 0.856. The average molecular weight is 532 g/mol. The minimum atomic E-state index is -0.762. The van der Waals surface area contributed by atoms with E-state index in [9.17, 15) is 9.59 Å². The fourth-order valence-corrected chi connectivity index (χ4v) is 3.97. The molecule has 0 aliphatic carbocycles. The van der Waals surface area contributed by atoms with Crippen LogP contribution in [-0.2, 0) is 23.2 Å². The number of pyridine rings is 1. The highest BCUT2D eigenvalue weighted by molar-refractivity contribution is 6.07. The number of amides is 2. The minimum absolute atomic E-state index is 0.0671. The molecule has 0 radical (unpaired) electrons. The lowest BCUT2D eigenvalue weighted by molar-refractivity contribution is -0.242. The third-order valence-electron chi connectivity index (χ3n) is 6.03. The van der Waals surface area contributed by atoms with Crippen molar-refractivity contribution < 1.29 is 24.5 Å². The van der Waals surface area contributed by atoms with Crippen molar-refractivity contribution in [3.63, 3.8) is 0 Å². The molecule has 4 N–H and O–H groups in total. The molecule has 0 aliphatic heterocycles. The molecule has 2 aromatic heterocycles. The molecule has 0 bridgehead atoms. The standard InChI is InChI=1S/C27H29N7O5/c1-33-22-12-9-19(26(35)34(14-5-15-39-37)23-6-3-4-13-29-23)16-21(22)31-24(33)17-30-20-10-7-18(8-11-20)25(28)32-27(36)38-2/h3-4,6-13,16,30,37H,5,14-15,17H2,1-2H3,(H2,28,32,36). The van der Waals surface area contributed by atoms with Gasteiger partial charge in [0, 0.05) is 36.6 Å². The van der Waals surface area contributed by atoms with Crippen molar-refractivity contribution in [2.75, 3.05) is 30.5 Å². The molecule has 0 fully saturated rings. The van der Waals surface area contributed by atoms with Crippen LogP contribution < -0.4 is 16.0 Å². The highest BCUT2D eigenvalue weighted by Crippen LogP contribution is 2.21. The number of hydrogen-bond acceptors (Lipinski definition) is 8. The van der Waals surface area contributed by atoms with Crippen LogP contribution in [0.25, 0.3) is 11.0 Å². The van der Waals surface area contributed by atoms with Gasteiger partial charge in [-0.05, 0) is 61.0 Å². The van der Waals surface area contributed by atoms with Crippen LogP contribution >= 0.6 is 0 Å². The molecule has 4 aromatic rings. The fourth-order valence-electron chi connectivity index (χ4n) is 3.97. The number of nitrogens with two attached hydrogens (primary N) is 1. The first-order chi connectivity index (χ1) is 18.9. The van der Waals surface area contributed by atoms with E-state index >= 15 is 0 Å². The number of benzene rings is 2. The number of fused-ring (bicyclic) bond motifs is 1. The lowest BCUT2D eigenvalue weighted by atomic mass is 10.1. The van der Waals surface area contributed by atoms with Crippen molar-refractivity contribution in [3.8, 4) is 0 Å². The molecular formula is C27H29N7O5. The Morgan fingerprint density at radius 2 is 1.90 bits per heavy atom. The van der Waals surface area contributed by atoms with Gasteiger partial charge >= 0.3 is 6.09 Å². The molecule has 12 nitrogen and oxygen atoms in total. The van der Waals surface area contributed by atoms with E-state index in [2.05, 4.69) is 24.9 Å². The molecule has 39 heavy (non-hydrogen) atoms. The fraction of sp³-hybridized carbons (Fsp3) is 0.222. The highest BCUT2D eigenvalue weighted by Gasteiger charge is 2.20. The summed E-state index contributed by atoms with van der Waals surface area (Å²) in [5.41, 5.74) is 9.28. The second-order valence-corrected chi connectivity index (χ2v) is 8.52. The average Bonchev–Trinajstić information content (AvgIpc) is 3.29. The number of aryl methyl sites for hydroxylation is 1. The van der Waals surface area contributed by atoms with E-state index in [-0.39, 0.29) is 18.3 Å². The Bertz CT molecular complexity index is 1470. The Morgan fingerprint density at radius 3 is 2.59 bits per heavy atom. The Kier molecular flexibility index (Phi) is 8.82. The maximum absolute atomic E-state index is 13.4. The number of rotatable bonds is 10. The van der Waals surface area contributed by atoms with E-state index < -0.39 is 6.09 Å². The Balaban J connectivity index is 1.50. The molecule has 2 amide bonds. The van der Waals surface area contributed by atoms with Crippen LogP contribution in [0.5, 0.6) is 0 Å². The number of carbonyl (C=O) groups excluding carboxylic acids is 2. The minimum Gasteiger partial charge on any atom is -0.451 e. The van der Waals surface area contributed by atoms with Crippen LogP contribution in [0, 0.1) is 0 Å². The largest absolute Gasteiger partial charge is 0.451 e. The lowest BCUT2D eigenvalue weighted by Crippen LogP contribution is -2.33. The number of aromatic nitrogens is 3. The zero-order valence-electron chi connectivity index (χ0n) is 21.6. The second-order valence-electron chi connectivity index (χ2n) is 8.52. The third kappa shape index (κ3) is 6.55. The molecule has 202 valence electrons. The van der Waals surface area contributed by atoms with E-state index in [0.29, 0.717) is 42.0 Å². The molecule has 0 aliphatic rings. The first-order valence-corrected chi connectivity index (χ1v) is 12.1. The van der Waals surface area contributed by atoms with Crippen LogP contribution in [0.15, 0.2) is 71.9 Å². The monoisotopic (exact) mass is 531 g/mol. The Morgan fingerprint density at radius 1 is 1.13 bits per heavy atom. The van der Waals surface area contributed by atoms with Crippen LogP contribution in [-0.4, -0.2) is 57.9 Å². The lowest BCUT2D eigenvalue weighted by Gasteiger charge is -2.21. The molecule has 0 unspecified atom stereocenters. The zero-order valence-corrected chi connectivity index (χ0v) is 21.6. The predicted octanol–water partition coefficient (Wildman–Crippen LogP) is 3.58. The zero-order chi connectivity index (χ0) is 27.8. The third-order valence-corrected chi connectivity index (χ3v) is 6.03. The maximum atomic E-state index is 13.4. The van der Waals surface area contributed by atoms with E-state index in [1.807, 2.05) is 35.9 Å². The highest BCUT2D eigenvalue weighted by atomic mass is 17.1. The molecule has 0 saturated carbocycles. The number of ether oxygens (including phenoxy) is 1. The number of anilines is 2. The van der Waals surface area contributed by atoms with Gasteiger partial charge in [-0.25, -0.2) is 19.7 Å². The van der Waals surface area contributed by atoms with Gasteiger partial charge in [0.1, 0.15) is 17.5 Å². The van der Waals surface area contributed by atoms with Gasteiger partial charge in [-0.1, -0.05) is 6.07 Å². The molecule has 2 aromatic carbocycles. The Hall–Kier alpha value is -4.81. The molecule has 0 saturated heterocycles. The summed E-state index contributed by atoms with van der Waals surface area (Å²) in [6.07, 6.45) is 1.30. The number of aliphatic imine (C=N–C) groups is 1. The summed E-state index contributed by atoms with van der Waals surface area (Å²) in [6, 6.07) is 17.9. The van der Waals surface area contributed by atoms with Gasteiger partial charge in [0.2, 0.25) is 0 Å². The molecule has 2 heterocycles. The summed E-state index contributed by atoms with van der Waals surface area (Å²) < 4.78 is 6.46. The second kappa shape index (κ2) is 12.6. The molecular weight excluding hydrogens is 502 g/mol. The van der Waals surface area contributed by atoms with Gasteiger partial charge in [0.05, 0.1) is 31.3 Å². The van der Waals surface area contributed by atoms with Crippen molar-refractivity contribution in [3.05, 3.63) is 83.8 Å². The predicted molar refractivity (Wildman–Crippen MR) is 147 cm³/mol. The van der Waals surface area contributed by atoms with E-state index in [1.165, 1.54) is 7.11 Å². The van der Waals surface area contributed by atoms with Gasteiger partial charge in [-0.3, -0.25) is 15.0 Å². The molecule has 0 spiro atoms. The van der Waals surface area contributed by atoms with Crippen LogP contribution in [0.2, 0.25) is 0 Å². The molecule has 12 heteroatoms. The number of nitrogens with one attached hydrogen (secondary N) is 1. The normalized spacial score (nSPS) is 11.4. The maximum Gasteiger partial charge on any atom is 0.435 e. The van der Waals surface area contributed by atoms with Crippen LogP contribution in [0.3, 0.4) is 0 Å². The molecule has 4 rings (SSSR count). The van der Waals surface area contributed by atoms with E-state index in [1.54, 1.807) is 47.5 Å². The topological polar surface area (TPSA) is 157 Å². The van der Waals surface area contributed by atoms with Crippen molar-refractivity contribution in [1.82, 2.24) is 14.5 Å². The number of carbonyl (C=O) groups is 2. The van der Waals surface area contributed by atoms with Crippen molar-refractivity contribution in [1.29, 1.82) is 0 Å². The number of amidine groups is 1. The van der Waals surface area contributed by atoms with Crippen molar-refractivity contribution in [2.24, 2.45) is 17.8 Å². The van der Waals surface area contributed by atoms with Crippen LogP contribution in [0.1, 0.15) is 28.2 Å². The number of methoxy groups -OCH3 is 1. The van der Waals surface area contributed by atoms with Crippen molar-refractivity contribution in [2.45, 2.75) is 13.0 Å². The summed E-state index contributed by atoms with van der Waals surface area (Å²) in [5, 5.41) is 12.0. The van der Waals surface area contributed by atoms with Gasteiger partial charge < -0.3 is 20.4 Å². The SMILES string of the molecule is COC(=O)N=C(N)c1ccc(NCc2nc3cc(C(=O)N(CCCOO)c4ccccn4)ccc3n2C)cc1. The molecule has 0 atom stereocenters. The summed E-state index contributed by atoms with van der Waals surface area (Å²) >= 11 is 0. The first-order valence-electron chi connectivity index (χ1n) is 12.1. The van der Waals surface area contributed by atoms with Crippen LogP contribution in [0.4, 0.5) is 16.3 Å². The smallest absolute Gasteiger partial charge is 0.435 e. The number of imidazole rings is 1. The quantitative estimate of drug-likeness (QED) is 0.0914. The van der Waals surface area contributed by atoms with Gasteiger partial charge in [-0.2, -0.15) is 4.99 Å². The first kappa shape index (κ1) is 27.2.